The lowest BCUT2D eigenvalue weighted by Crippen LogP contribution is -2.28. The van der Waals surface area contributed by atoms with Gasteiger partial charge in [-0.3, -0.25) is 0 Å². The highest BCUT2D eigenvalue weighted by Gasteiger charge is 2.46. The summed E-state index contributed by atoms with van der Waals surface area (Å²) in [6.07, 6.45) is 0. The molecule has 0 atom stereocenters. The maximum atomic E-state index is 2.55. The quantitative estimate of drug-likeness (QED) is 0.138. The maximum Gasteiger partial charge on any atom is 0.0714 e. The number of hydrogen-bond acceptors (Lipinski definition) is 1. The summed E-state index contributed by atoms with van der Waals surface area (Å²) in [5, 5.41) is 4.86. The van der Waals surface area contributed by atoms with Gasteiger partial charge in [-0.05, 0) is 102 Å². The molecule has 0 spiro atoms. The van der Waals surface area contributed by atoms with E-state index in [1.165, 1.54) is 82.7 Å². The van der Waals surface area contributed by atoms with Crippen LogP contribution in [0.25, 0.3) is 66.1 Å². The van der Waals surface area contributed by atoms with Crippen molar-refractivity contribution in [2.75, 3.05) is 4.90 Å². The SMILES string of the molecule is c1ccc(-c2ccc(-c3c(N(c4cccc(-c5ccccc5)c4)c4ccc5c(c4)C(c4ccccc4)(c4ccccc4)c4ccccc4-5)c4ccccc4c4ccccc34)cc2)cc1. The van der Waals surface area contributed by atoms with Crippen LogP contribution in [-0.4, -0.2) is 0 Å². The number of anilines is 3. The number of hydrogen-bond donors (Lipinski definition) is 0. The van der Waals surface area contributed by atoms with Crippen LogP contribution in [0.5, 0.6) is 0 Å². The van der Waals surface area contributed by atoms with Gasteiger partial charge < -0.3 is 4.90 Å². The Hall–Kier alpha value is -8.26. The molecule has 0 N–H and O–H groups in total. The predicted octanol–water partition coefficient (Wildman–Crippen LogP) is 16.8. The number of rotatable bonds is 8. The van der Waals surface area contributed by atoms with E-state index in [0.29, 0.717) is 0 Å². The normalized spacial score (nSPS) is 12.5. The second-order valence-corrected chi connectivity index (χ2v) is 16.8. The third kappa shape index (κ3) is 6.01. The molecule has 0 amide bonds. The smallest absolute Gasteiger partial charge is 0.0714 e. The highest BCUT2D eigenvalue weighted by molar-refractivity contribution is 6.22. The average molecular weight is 814 g/mol. The van der Waals surface area contributed by atoms with Crippen molar-refractivity contribution >= 4 is 38.6 Å². The van der Waals surface area contributed by atoms with Crippen LogP contribution in [0.3, 0.4) is 0 Å². The van der Waals surface area contributed by atoms with Crippen molar-refractivity contribution in [3.05, 3.63) is 283 Å². The molecule has 0 saturated heterocycles. The molecule has 0 aliphatic heterocycles. The summed E-state index contributed by atoms with van der Waals surface area (Å²) >= 11 is 0. The van der Waals surface area contributed by atoms with E-state index in [4.69, 9.17) is 0 Å². The zero-order valence-corrected chi connectivity index (χ0v) is 35.3. The fourth-order valence-corrected chi connectivity index (χ4v) is 10.5. The van der Waals surface area contributed by atoms with Gasteiger partial charge in [0.05, 0.1) is 11.1 Å². The molecule has 0 saturated carbocycles. The lowest BCUT2D eigenvalue weighted by molar-refractivity contribution is 0.768. The maximum absolute atomic E-state index is 2.55. The Morgan fingerprint density at radius 2 is 0.719 bits per heavy atom. The molecule has 0 unspecified atom stereocenters. The molecule has 0 fully saturated rings. The molecule has 300 valence electrons. The second kappa shape index (κ2) is 15.6. The third-order valence-corrected chi connectivity index (χ3v) is 13.3. The molecule has 1 aliphatic carbocycles. The summed E-state index contributed by atoms with van der Waals surface area (Å²) in [5.41, 5.74) is 17.5. The summed E-state index contributed by atoms with van der Waals surface area (Å²) in [6.45, 7) is 0. The van der Waals surface area contributed by atoms with Crippen LogP contribution in [0.4, 0.5) is 17.1 Å². The van der Waals surface area contributed by atoms with E-state index in [1.807, 2.05) is 0 Å². The fourth-order valence-electron chi connectivity index (χ4n) is 10.5. The van der Waals surface area contributed by atoms with Crippen LogP contribution in [-0.2, 0) is 5.41 Å². The van der Waals surface area contributed by atoms with Crippen molar-refractivity contribution in [1.29, 1.82) is 0 Å². The lowest BCUT2D eigenvalue weighted by Gasteiger charge is -2.35. The van der Waals surface area contributed by atoms with E-state index in [-0.39, 0.29) is 0 Å². The fraction of sp³-hybridized carbons (Fsp3) is 0.0159. The van der Waals surface area contributed by atoms with Crippen molar-refractivity contribution in [2.24, 2.45) is 0 Å². The molecule has 64 heavy (non-hydrogen) atoms. The first-order chi connectivity index (χ1) is 31.8. The first-order valence-corrected chi connectivity index (χ1v) is 22.2. The second-order valence-electron chi connectivity index (χ2n) is 16.8. The standard InChI is InChI=1S/C63H43N/c1-5-20-44(21-6-1)46-36-38-47(39-37-46)61-57-33-15-13-30-53(57)54-31-14-16-34-58(54)62(61)64(51-29-19-24-48(42-51)45-22-7-2-8-23-45)52-40-41-56-55-32-17-18-35-59(55)63(60(56)43-52,49-25-9-3-10-26-49)50-27-11-4-12-28-50/h1-43H. The van der Waals surface area contributed by atoms with E-state index in [1.54, 1.807) is 0 Å². The van der Waals surface area contributed by atoms with E-state index in [9.17, 15) is 0 Å². The van der Waals surface area contributed by atoms with Gasteiger partial charge in [-0.25, -0.2) is 0 Å². The topological polar surface area (TPSA) is 3.24 Å². The van der Waals surface area contributed by atoms with Gasteiger partial charge in [0, 0.05) is 22.3 Å². The highest BCUT2D eigenvalue weighted by Crippen LogP contribution is 2.58. The van der Waals surface area contributed by atoms with Crippen LogP contribution < -0.4 is 4.90 Å². The van der Waals surface area contributed by atoms with Gasteiger partial charge in [-0.2, -0.15) is 0 Å². The molecule has 0 bridgehead atoms. The van der Waals surface area contributed by atoms with Gasteiger partial charge in [0.25, 0.3) is 0 Å². The Balaban J connectivity index is 1.19. The highest BCUT2D eigenvalue weighted by atomic mass is 15.1. The van der Waals surface area contributed by atoms with Crippen LogP contribution >= 0.6 is 0 Å². The predicted molar refractivity (Wildman–Crippen MR) is 270 cm³/mol. The Bertz CT molecular complexity index is 3430. The summed E-state index contributed by atoms with van der Waals surface area (Å²) < 4.78 is 0. The van der Waals surface area contributed by atoms with Gasteiger partial charge in [0.1, 0.15) is 0 Å². The van der Waals surface area contributed by atoms with Crippen LogP contribution in [0.2, 0.25) is 0 Å². The van der Waals surface area contributed by atoms with Gasteiger partial charge in [0.15, 0.2) is 0 Å². The monoisotopic (exact) mass is 813 g/mol. The van der Waals surface area contributed by atoms with Crippen LogP contribution in [0.15, 0.2) is 261 Å². The average Bonchev–Trinajstić information content (AvgIpc) is 3.68. The van der Waals surface area contributed by atoms with E-state index < -0.39 is 5.41 Å². The molecular weight excluding hydrogens is 771 g/mol. The molecule has 0 aromatic heterocycles. The first-order valence-electron chi connectivity index (χ1n) is 22.2. The molecule has 12 rings (SSSR count). The van der Waals surface area contributed by atoms with Crippen LogP contribution in [0.1, 0.15) is 22.3 Å². The number of fused-ring (bicyclic) bond motifs is 6. The van der Waals surface area contributed by atoms with E-state index >= 15 is 0 Å². The van der Waals surface area contributed by atoms with Crippen molar-refractivity contribution in [3.8, 4) is 44.5 Å². The summed E-state index contributed by atoms with van der Waals surface area (Å²) in [4.78, 5) is 2.55. The minimum atomic E-state index is -0.552. The first kappa shape index (κ1) is 37.5. The molecule has 11 aromatic rings. The molecular formula is C63H43N. The molecule has 1 aliphatic rings. The molecule has 1 heteroatoms. The van der Waals surface area contributed by atoms with Crippen molar-refractivity contribution in [1.82, 2.24) is 0 Å². The van der Waals surface area contributed by atoms with Crippen LogP contribution in [0, 0.1) is 0 Å². The largest absolute Gasteiger partial charge is 0.309 e. The van der Waals surface area contributed by atoms with Crippen molar-refractivity contribution < 1.29 is 0 Å². The summed E-state index contributed by atoms with van der Waals surface area (Å²) in [6, 6.07) is 96.0. The zero-order chi connectivity index (χ0) is 42.5. The van der Waals surface area contributed by atoms with Gasteiger partial charge in [-0.1, -0.05) is 237 Å². The Morgan fingerprint density at radius 3 is 1.38 bits per heavy atom. The number of nitrogens with zero attached hydrogens (tertiary/aromatic N) is 1. The molecule has 1 nitrogen and oxygen atoms in total. The summed E-state index contributed by atoms with van der Waals surface area (Å²) in [5.74, 6) is 0. The Kier molecular flexibility index (Phi) is 9.13. The molecule has 11 aromatic carbocycles. The zero-order valence-electron chi connectivity index (χ0n) is 35.3. The van der Waals surface area contributed by atoms with Crippen molar-refractivity contribution in [2.45, 2.75) is 5.41 Å². The van der Waals surface area contributed by atoms with Gasteiger partial charge in [-0.15, -0.1) is 0 Å². The Labute approximate surface area is 374 Å². The van der Waals surface area contributed by atoms with E-state index in [2.05, 4.69) is 266 Å². The minimum Gasteiger partial charge on any atom is -0.309 e. The molecule has 0 heterocycles. The van der Waals surface area contributed by atoms with E-state index in [0.717, 1.165) is 22.6 Å². The van der Waals surface area contributed by atoms with Crippen molar-refractivity contribution in [3.63, 3.8) is 0 Å². The van der Waals surface area contributed by atoms with Gasteiger partial charge in [0.2, 0.25) is 0 Å². The Morgan fingerprint density at radius 1 is 0.266 bits per heavy atom. The minimum absolute atomic E-state index is 0.552. The van der Waals surface area contributed by atoms with Gasteiger partial charge >= 0.3 is 0 Å². The third-order valence-electron chi connectivity index (χ3n) is 13.3. The molecule has 0 radical (unpaired) electrons. The number of benzene rings is 11. The summed E-state index contributed by atoms with van der Waals surface area (Å²) in [7, 11) is 0. The lowest BCUT2D eigenvalue weighted by atomic mass is 9.67.